The van der Waals surface area contributed by atoms with Crippen LogP contribution in [0.3, 0.4) is 0 Å². The first kappa shape index (κ1) is 12.7. The number of sulfonamides is 1. The fraction of sp³-hybridized carbons (Fsp3) is 0.300. The van der Waals surface area contributed by atoms with Gasteiger partial charge in [0.1, 0.15) is 5.69 Å². The zero-order valence-corrected chi connectivity index (χ0v) is 10.6. The number of nitrogens with zero attached hydrogens (tertiary/aromatic N) is 4. The Morgan fingerprint density at radius 1 is 1.44 bits per heavy atom. The van der Waals surface area contributed by atoms with Crippen molar-refractivity contribution < 1.29 is 8.42 Å². The predicted molar refractivity (Wildman–Crippen MR) is 66.1 cm³/mol. The number of aryl methyl sites for hydroxylation is 1. The van der Waals surface area contributed by atoms with Crippen molar-refractivity contribution in [2.75, 3.05) is 12.8 Å². The fourth-order valence-electron chi connectivity index (χ4n) is 1.37. The monoisotopic (exact) mass is 267 g/mol. The van der Waals surface area contributed by atoms with Gasteiger partial charge >= 0.3 is 0 Å². The summed E-state index contributed by atoms with van der Waals surface area (Å²) in [6.07, 6.45) is 5.05. The van der Waals surface area contributed by atoms with Gasteiger partial charge in [-0.15, -0.1) is 5.10 Å². The third-order valence-electron chi connectivity index (χ3n) is 2.40. The van der Waals surface area contributed by atoms with E-state index < -0.39 is 10.0 Å². The standard InChI is InChI=1S/C10H13N5O2S/c1-11-18(16,17)6-5-15-8-10(13-14-15)9-3-2-4-12-7-9/h2-4,7-8,11H,5-6H2,1H3. The van der Waals surface area contributed by atoms with Gasteiger partial charge in [0.15, 0.2) is 0 Å². The molecule has 2 aromatic rings. The lowest BCUT2D eigenvalue weighted by atomic mass is 10.2. The predicted octanol–water partition coefficient (Wildman–Crippen LogP) is -0.111. The average molecular weight is 267 g/mol. The molecule has 0 saturated carbocycles. The molecule has 0 aliphatic heterocycles. The largest absolute Gasteiger partial charge is 0.264 e. The molecule has 0 fully saturated rings. The number of aromatic nitrogens is 4. The molecule has 0 atom stereocenters. The summed E-state index contributed by atoms with van der Waals surface area (Å²) in [6.45, 7) is 0.260. The van der Waals surface area contributed by atoms with Gasteiger partial charge in [-0.1, -0.05) is 5.21 Å². The van der Waals surface area contributed by atoms with Crippen molar-refractivity contribution in [1.82, 2.24) is 24.7 Å². The lowest BCUT2D eigenvalue weighted by molar-refractivity contribution is 0.568. The molecule has 0 aromatic carbocycles. The summed E-state index contributed by atoms with van der Waals surface area (Å²) in [4.78, 5) is 3.99. The van der Waals surface area contributed by atoms with E-state index in [1.807, 2.05) is 6.07 Å². The maximum atomic E-state index is 11.3. The maximum absolute atomic E-state index is 11.3. The highest BCUT2D eigenvalue weighted by molar-refractivity contribution is 7.89. The highest BCUT2D eigenvalue weighted by Gasteiger charge is 2.09. The summed E-state index contributed by atoms with van der Waals surface area (Å²) in [5.74, 6) is -0.0284. The van der Waals surface area contributed by atoms with Crippen LogP contribution in [0.5, 0.6) is 0 Å². The van der Waals surface area contributed by atoms with E-state index in [0.717, 1.165) is 5.56 Å². The van der Waals surface area contributed by atoms with E-state index in [4.69, 9.17) is 0 Å². The van der Waals surface area contributed by atoms with Gasteiger partial charge in [-0.2, -0.15) is 0 Å². The van der Waals surface area contributed by atoms with E-state index in [1.165, 1.54) is 11.7 Å². The summed E-state index contributed by atoms with van der Waals surface area (Å²) in [5.41, 5.74) is 1.52. The lowest BCUT2D eigenvalue weighted by Gasteiger charge is -2.01. The minimum absolute atomic E-state index is 0.0284. The van der Waals surface area contributed by atoms with E-state index in [9.17, 15) is 8.42 Å². The van der Waals surface area contributed by atoms with E-state index in [2.05, 4.69) is 20.0 Å². The second-order valence-electron chi connectivity index (χ2n) is 3.63. The van der Waals surface area contributed by atoms with Crippen LogP contribution in [0.1, 0.15) is 0 Å². The first-order valence-corrected chi connectivity index (χ1v) is 6.98. The minimum atomic E-state index is -3.22. The van der Waals surface area contributed by atoms with Gasteiger partial charge < -0.3 is 0 Å². The zero-order valence-electron chi connectivity index (χ0n) is 9.81. The molecular weight excluding hydrogens is 254 g/mol. The average Bonchev–Trinajstić information content (AvgIpc) is 2.86. The highest BCUT2D eigenvalue weighted by Crippen LogP contribution is 2.13. The number of hydrogen-bond acceptors (Lipinski definition) is 5. The van der Waals surface area contributed by atoms with E-state index in [1.54, 1.807) is 24.7 Å². The van der Waals surface area contributed by atoms with Crippen LogP contribution in [0, 0.1) is 0 Å². The van der Waals surface area contributed by atoms with Crippen molar-refractivity contribution in [3.05, 3.63) is 30.7 Å². The molecule has 7 nitrogen and oxygen atoms in total. The Morgan fingerprint density at radius 3 is 2.94 bits per heavy atom. The quantitative estimate of drug-likeness (QED) is 0.816. The molecule has 0 aliphatic rings. The zero-order chi connectivity index (χ0) is 13.0. The molecule has 0 unspecified atom stereocenters. The molecule has 0 aliphatic carbocycles. The number of rotatable bonds is 5. The first-order valence-electron chi connectivity index (χ1n) is 5.32. The topological polar surface area (TPSA) is 89.8 Å². The number of pyridine rings is 1. The molecule has 96 valence electrons. The van der Waals surface area contributed by atoms with Crippen LogP contribution >= 0.6 is 0 Å². The third-order valence-corrected chi connectivity index (χ3v) is 3.74. The second kappa shape index (κ2) is 5.23. The Bertz CT molecular complexity index is 608. The molecule has 2 rings (SSSR count). The van der Waals surface area contributed by atoms with Crippen LogP contribution in [0.4, 0.5) is 0 Å². The van der Waals surface area contributed by atoms with Crippen molar-refractivity contribution >= 4 is 10.0 Å². The summed E-state index contributed by atoms with van der Waals surface area (Å²) >= 11 is 0. The van der Waals surface area contributed by atoms with Crippen molar-refractivity contribution in [3.63, 3.8) is 0 Å². The molecule has 0 spiro atoms. The van der Waals surface area contributed by atoms with Gasteiger partial charge in [0.25, 0.3) is 0 Å². The van der Waals surface area contributed by atoms with Crippen LogP contribution in [0.15, 0.2) is 30.7 Å². The minimum Gasteiger partial charge on any atom is -0.264 e. The molecule has 8 heteroatoms. The van der Waals surface area contributed by atoms with Gasteiger partial charge in [0.05, 0.1) is 18.5 Å². The summed E-state index contributed by atoms with van der Waals surface area (Å²) in [7, 11) is -1.84. The Hall–Kier alpha value is -1.80. The maximum Gasteiger partial charge on any atom is 0.213 e. The summed E-state index contributed by atoms with van der Waals surface area (Å²) in [6, 6.07) is 3.67. The van der Waals surface area contributed by atoms with Crippen LogP contribution in [-0.4, -0.2) is 41.2 Å². The second-order valence-corrected chi connectivity index (χ2v) is 5.68. The molecule has 18 heavy (non-hydrogen) atoms. The fourth-order valence-corrected chi connectivity index (χ4v) is 2.00. The van der Waals surface area contributed by atoms with Crippen LogP contribution in [0.2, 0.25) is 0 Å². The summed E-state index contributed by atoms with van der Waals surface area (Å²) < 4.78 is 26.3. The molecule has 2 aromatic heterocycles. The van der Waals surface area contributed by atoms with Gasteiger partial charge in [-0.25, -0.2) is 13.1 Å². The van der Waals surface area contributed by atoms with Crippen LogP contribution < -0.4 is 4.72 Å². The van der Waals surface area contributed by atoms with Crippen molar-refractivity contribution in [2.45, 2.75) is 6.54 Å². The summed E-state index contributed by atoms with van der Waals surface area (Å²) in [5, 5.41) is 7.85. The lowest BCUT2D eigenvalue weighted by Crippen LogP contribution is -2.24. The van der Waals surface area contributed by atoms with Gasteiger partial charge in [0, 0.05) is 18.0 Å². The van der Waals surface area contributed by atoms with Crippen LogP contribution in [-0.2, 0) is 16.6 Å². The van der Waals surface area contributed by atoms with E-state index >= 15 is 0 Å². The van der Waals surface area contributed by atoms with Crippen molar-refractivity contribution in [3.8, 4) is 11.3 Å². The Balaban J connectivity index is 2.08. The van der Waals surface area contributed by atoms with Gasteiger partial charge in [-0.3, -0.25) is 9.67 Å². The molecule has 2 heterocycles. The Morgan fingerprint density at radius 2 is 2.28 bits per heavy atom. The normalized spacial score (nSPS) is 11.6. The van der Waals surface area contributed by atoms with Gasteiger partial charge in [-0.05, 0) is 19.2 Å². The molecule has 0 radical (unpaired) electrons. The van der Waals surface area contributed by atoms with Gasteiger partial charge in [0.2, 0.25) is 10.0 Å². The highest BCUT2D eigenvalue weighted by atomic mass is 32.2. The molecule has 1 N–H and O–H groups in total. The molecule has 0 bridgehead atoms. The van der Waals surface area contributed by atoms with Crippen molar-refractivity contribution in [2.24, 2.45) is 0 Å². The Kier molecular flexibility index (Phi) is 3.68. The van der Waals surface area contributed by atoms with Crippen LogP contribution in [0.25, 0.3) is 11.3 Å². The Labute approximate surface area is 105 Å². The molecular formula is C10H13N5O2S. The van der Waals surface area contributed by atoms with Crippen molar-refractivity contribution in [1.29, 1.82) is 0 Å². The van der Waals surface area contributed by atoms with E-state index in [-0.39, 0.29) is 12.3 Å². The number of hydrogen-bond donors (Lipinski definition) is 1. The smallest absolute Gasteiger partial charge is 0.213 e. The molecule has 0 amide bonds. The molecule has 0 saturated heterocycles. The van der Waals surface area contributed by atoms with E-state index in [0.29, 0.717) is 5.69 Å². The first-order chi connectivity index (χ1) is 8.61. The number of nitrogens with one attached hydrogen (secondary N) is 1. The third kappa shape index (κ3) is 3.11. The SMILES string of the molecule is CNS(=O)(=O)CCn1cc(-c2cccnc2)nn1.